The molecule has 0 unspecified atom stereocenters. The first-order valence-corrected chi connectivity index (χ1v) is 8.95. The average Bonchev–Trinajstić information content (AvgIpc) is 2.66. The van der Waals surface area contributed by atoms with Gasteiger partial charge in [0.15, 0.2) is 11.7 Å². The summed E-state index contributed by atoms with van der Waals surface area (Å²) in [5, 5.41) is 6.55. The summed E-state index contributed by atoms with van der Waals surface area (Å²) in [7, 11) is 0. The van der Waals surface area contributed by atoms with E-state index in [1.807, 2.05) is 6.07 Å². The van der Waals surface area contributed by atoms with Gasteiger partial charge in [0.05, 0.1) is 0 Å². The Hall–Kier alpha value is -2.84. The van der Waals surface area contributed by atoms with Crippen LogP contribution in [0.15, 0.2) is 42.5 Å². The molecule has 0 atom stereocenters. The standard InChI is InChI=1S/C18H17ClN4O3S/c19-12-2-4-13(5-3-12)20-18(27)23-22-17(25)10-26-14-6-7-15-11(9-14)1-8-16(24)21-15/h2-7,9H,1,8,10H2,(H,21,24)(H,22,25)(H2,20,23,27). The molecule has 0 spiro atoms. The van der Waals surface area contributed by atoms with Crippen LogP contribution in [0.5, 0.6) is 5.75 Å². The van der Waals surface area contributed by atoms with Gasteiger partial charge in [-0.2, -0.15) is 0 Å². The highest BCUT2D eigenvalue weighted by Crippen LogP contribution is 2.26. The van der Waals surface area contributed by atoms with Gasteiger partial charge in [0.25, 0.3) is 5.91 Å². The lowest BCUT2D eigenvalue weighted by atomic mass is 10.0. The SMILES string of the molecule is O=C(COc1ccc2c(c1)CCC(=O)N2)NNC(=S)Nc1ccc(Cl)cc1. The molecule has 2 amide bonds. The number of nitrogens with one attached hydrogen (secondary N) is 4. The monoisotopic (exact) mass is 404 g/mol. The number of rotatable bonds is 4. The first-order chi connectivity index (χ1) is 13.0. The third-order valence-electron chi connectivity index (χ3n) is 3.76. The molecule has 0 aliphatic carbocycles. The summed E-state index contributed by atoms with van der Waals surface area (Å²) in [6, 6.07) is 12.3. The topological polar surface area (TPSA) is 91.5 Å². The van der Waals surface area contributed by atoms with Crippen molar-refractivity contribution in [1.82, 2.24) is 10.9 Å². The van der Waals surface area contributed by atoms with Crippen molar-refractivity contribution in [2.45, 2.75) is 12.8 Å². The van der Waals surface area contributed by atoms with Gasteiger partial charge in [-0.1, -0.05) is 11.6 Å². The van der Waals surface area contributed by atoms with E-state index in [0.29, 0.717) is 23.6 Å². The molecule has 9 heteroatoms. The van der Waals surface area contributed by atoms with Crippen molar-refractivity contribution in [2.24, 2.45) is 0 Å². The Bertz CT molecular complexity index is 873. The molecule has 0 fully saturated rings. The number of benzene rings is 2. The minimum absolute atomic E-state index is 0.00444. The van der Waals surface area contributed by atoms with Crippen LogP contribution < -0.4 is 26.2 Å². The lowest BCUT2D eigenvalue weighted by Crippen LogP contribution is -2.45. The number of ether oxygens (including phenoxy) is 1. The molecular weight excluding hydrogens is 388 g/mol. The van der Waals surface area contributed by atoms with Crippen LogP contribution in [-0.4, -0.2) is 23.5 Å². The number of hydrogen-bond donors (Lipinski definition) is 4. The van der Waals surface area contributed by atoms with E-state index in [-0.39, 0.29) is 23.5 Å². The Morgan fingerprint density at radius 3 is 2.70 bits per heavy atom. The zero-order valence-electron chi connectivity index (χ0n) is 14.2. The number of hydrazine groups is 1. The first-order valence-electron chi connectivity index (χ1n) is 8.16. The predicted octanol–water partition coefficient (Wildman–Crippen LogP) is 2.62. The van der Waals surface area contributed by atoms with Crippen molar-refractivity contribution < 1.29 is 14.3 Å². The lowest BCUT2D eigenvalue weighted by Gasteiger charge is -2.17. The fraction of sp³-hybridized carbons (Fsp3) is 0.167. The minimum atomic E-state index is -0.388. The van der Waals surface area contributed by atoms with Gasteiger partial charge in [0.2, 0.25) is 5.91 Å². The Morgan fingerprint density at radius 1 is 1.15 bits per heavy atom. The van der Waals surface area contributed by atoms with Crippen molar-refractivity contribution in [3.05, 3.63) is 53.1 Å². The molecule has 0 bridgehead atoms. The van der Waals surface area contributed by atoms with Crippen LogP contribution >= 0.6 is 23.8 Å². The molecule has 2 aromatic rings. The number of aryl methyl sites for hydroxylation is 1. The highest BCUT2D eigenvalue weighted by atomic mass is 35.5. The van der Waals surface area contributed by atoms with Crippen LogP contribution in [0.4, 0.5) is 11.4 Å². The highest BCUT2D eigenvalue weighted by molar-refractivity contribution is 7.80. The van der Waals surface area contributed by atoms with Crippen LogP contribution in [0.25, 0.3) is 0 Å². The maximum Gasteiger partial charge on any atom is 0.276 e. The van der Waals surface area contributed by atoms with Gasteiger partial charge < -0.3 is 15.4 Å². The largest absolute Gasteiger partial charge is 0.484 e. The van der Waals surface area contributed by atoms with Crippen molar-refractivity contribution in [3.63, 3.8) is 0 Å². The Labute approximate surface area is 166 Å². The van der Waals surface area contributed by atoms with Crippen molar-refractivity contribution in [2.75, 3.05) is 17.2 Å². The van der Waals surface area contributed by atoms with Crippen molar-refractivity contribution in [1.29, 1.82) is 0 Å². The second kappa shape index (κ2) is 8.70. The number of anilines is 2. The van der Waals surface area contributed by atoms with Gasteiger partial charge in [-0.05, 0) is 66.7 Å². The molecule has 1 aliphatic heterocycles. The maximum absolute atomic E-state index is 11.9. The second-order valence-electron chi connectivity index (χ2n) is 5.79. The molecule has 0 radical (unpaired) electrons. The zero-order valence-corrected chi connectivity index (χ0v) is 15.7. The Morgan fingerprint density at radius 2 is 1.93 bits per heavy atom. The summed E-state index contributed by atoms with van der Waals surface area (Å²) < 4.78 is 5.48. The summed E-state index contributed by atoms with van der Waals surface area (Å²) >= 11 is 10.9. The number of carbonyl (C=O) groups excluding carboxylic acids is 2. The molecule has 1 heterocycles. The molecule has 3 rings (SSSR count). The third kappa shape index (κ3) is 5.57. The van der Waals surface area contributed by atoms with Gasteiger partial charge in [-0.25, -0.2) is 0 Å². The predicted molar refractivity (Wildman–Crippen MR) is 108 cm³/mol. The summed E-state index contributed by atoms with van der Waals surface area (Å²) in [4.78, 5) is 23.2. The number of fused-ring (bicyclic) bond motifs is 1. The van der Waals surface area contributed by atoms with Crippen LogP contribution in [0.3, 0.4) is 0 Å². The van der Waals surface area contributed by atoms with Gasteiger partial charge >= 0.3 is 0 Å². The minimum Gasteiger partial charge on any atom is -0.484 e. The van der Waals surface area contributed by atoms with Crippen LogP contribution in [0, 0.1) is 0 Å². The maximum atomic E-state index is 11.9. The van der Waals surface area contributed by atoms with Crippen LogP contribution in [-0.2, 0) is 16.0 Å². The number of amides is 2. The second-order valence-corrected chi connectivity index (χ2v) is 6.63. The van der Waals surface area contributed by atoms with Crippen molar-refractivity contribution in [3.8, 4) is 5.75 Å². The molecule has 4 N–H and O–H groups in total. The van der Waals surface area contributed by atoms with E-state index in [9.17, 15) is 9.59 Å². The number of hydrogen-bond acceptors (Lipinski definition) is 4. The summed E-state index contributed by atoms with van der Waals surface area (Å²) in [5.41, 5.74) is 7.55. The van der Waals surface area contributed by atoms with E-state index in [4.69, 9.17) is 28.6 Å². The smallest absolute Gasteiger partial charge is 0.276 e. The van der Waals surface area contributed by atoms with Gasteiger partial charge in [-0.3, -0.25) is 20.4 Å². The summed E-state index contributed by atoms with van der Waals surface area (Å²) in [6.45, 7) is -0.179. The fourth-order valence-electron chi connectivity index (χ4n) is 2.46. The van der Waals surface area contributed by atoms with Crippen LogP contribution in [0.1, 0.15) is 12.0 Å². The highest BCUT2D eigenvalue weighted by Gasteiger charge is 2.15. The average molecular weight is 405 g/mol. The molecule has 27 heavy (non-hydrogen) atoms. The summed E-state index contributed by atoms with van der Waals surface area (Å²) in [5.74, 6) is 0.174. The Kier molecular flexibility index (Phi) is 6.10. The fourth-order valence-corrected chi connectivity index (χ4v) is 2.75. The molecule has 140 valence electrons. The quantitative estimate of drug-likeness (QED) is 0.462. The van der Waals surface area contributed by atoms with Gasteiger partial charge in [0.1, 0.15) is 5.75 Å². The van der Waals surface area contributed by atoms with E-state index in [1.165, 1.54) is 0 Å². The molecule has 7 nitrogen and oxygen atoms in total. The van der Waals surface area contributed by atoms with E-state index in [2.05, 4.69) is 21.5 Å². The van der Waals surface area contributed by atoms with E-state index < -0.39 is 0 Å². The lowest BCUT2D eigenvalue weighted by molar-refractivity contribution is -0.123. The van der Waals surface area contributed by atoms with E-state index >= 15 is 0 Å². The van der Waals surface area contributed by atoms with Gasteiger partial charge in [0, 0.05) is 22.8 Å². The normalized spacial score (nSPS) is 12.4. The number of carbonyl (C=O) groups is 2. The molecule has 0 saturated heterocycles. The molecular formula is C18H17ClN4O3S. The van der Waals surface area contributed by atoms with Crippen molar-refractivity contribution >= 4 is 52.1 Å². The van der Waals surface area contributed by atoms with E-state index in [0.717, 1.165) is 16.9 Å². The third-order valence-corrected chi connectivity index (χ3v) is 4.22. The molecule has 0 aromatic heterocycles. The number of halogens is 1. The summed E-state index contributed by atoms with van der Waals surface area (Å²) in [6.07, 6.45) is 1.09. The Balaban J connectivity index is 1.42. The van der Waals surface area contributed by atoms with Gasteiger partial charge in [-0.15, -0.1) is 0 Å². The van der Waals surface area contributed by atoms with E-state index in [1.54, 1.807) is 36.4 Å². The van der Waals surface area contributed by atoms with Crippen LogP contribution in [0.2, 0.25) is 5.02 Å². The number of thiocarbonyl (C=S) groups is 1. The molecule has 1 aliphatic rings. The zero-order chi connectivity index (χ0) is 19.2. The first kappa shape index (κ1) is 18.9. The molecule has 0 saturated carbocycles. The molecule has 2 aromatic carbocycles.